The Labute approximate surface area is 212 Å². The minimum Gasteiger partial charge on any atom is -0.371 e. The van der Waals surface area contributed by atoms with Crippen molar-refractivity contribution in [3.05, 3.63) is 94.8 Å². The highest BCUT2D eigenvalue weighted by molar-refractivity contribution is 6.06. The van der Waals surface area contributed by atoms with E-state index in [1.165, 1.54) is 30.3 Å². The van der Waals surface area contributed by atoms with Crippen LogP contribution in [0.1, 0.15) is 51.6 Å². The third-order valence-corrected chi connectivity index (χ3v) is 6.44. The summed E-state index contributed by atoms with van der Waals surface area (Å²) in [6, 6.07) is 14.8. The van der Waals surface area contributed by atoms with Gasteiger partial charge in [-0.15, -0.1) is 0 Å². The highest BCUT2D eigenvalue weighted by Crippen LogP contribution is 2.31. The van der Waals surface area contributed by atoms with Gasteiger partial charge in [-0.1, -0.05) is 25.1 Å². The fraction of sp³-hybridized carbons (Fsp3) is 0.286. The standard InChI is InChI=1S/C28H27F4N3O2/c1-18-11-13-35(14-12-18)25-10-9-23(34-26(36)20-3-2-4-21(15-20)28(30,31)32)16-24(25)27(37)33-17-19-5-7-22(29)8-6-19/h2-10,15-16,18H,11-14,17H2,1H3,(H,33,37)(H,34,36). The summed E-state index contributed by atoms with van der Waals surface area (Å²) in [6.45, 7) is 3.90. The van der Waals surface area contributed by atoms with Gasteiger partial charge in [0.1, 0.15) is 5.82 Å². The maximum atomic E-state index is 13.2. The van der Waals surface area contributed by atoms with Crippen LogP contribution in [0.3, 0.4) is 0 Å². The smallest absolute Gasteiger partial charge is 0.371 e. The number of benzene rings is 3. The van der Waals surface area contributed by atoms with Crippen LogP contribution in [-0.2, 0) is 12.7 Å². The summed E-state index contributed by atoms with van der Waals surface area (Å²) >= 11 is 0. The highest BCUT2D eigenvalue weighted by Gasteiger charge is 2.31. The number of amides is 2. The number of nitrogens with one attached hydrogen (secondary N) is 2. The zero-order valence-electron chi connectivity index (χ0n) is 20.2. The number of carbonyl (C=O) groups is 2. The lowest BCUT2D eigenvalue weighted by Gasteiger charge is -2.33. The predicted octanol–water partition coefficient (Wildman–Crippen LogP) is 6.26. The first-order chi connectivity index (χ1) is 17.6. The van der Waals surface area contributed by atoms with E-state index in [0.29, 0.717) is 17.2 Å². The van der Waals surface area contributed by atoms with E-state index < -0.39 is 17.6 Å². The van der Waals surface area contributed by atoms with Crippen LogP contribution in [0.5, 0.6) is 0 Å². The molecule has 1 heterocycles. The maximum absolute atomic E-state index is 13.2. The van der Waals surface area contributed by atoms with Crippen LogP contribution < -0.4 is 15.5 Å². The number of carbonyl (C=O) groups excluding carboxylic acids is 2. The first-order valence-corrected chi connectivity index (χ1v) is 12.0. The molecule has 37 heavy (non-hydrogen) atoms. The number of piperidine rings is 1. The average Bonchev–Trinajstić information content (AvgIpc) is 2.88. The van der Waals surface area contributed by atoms with E-state index in [0.717, 1.165) is 43.6 Å². The maximum Gasteiger partial charge on any atom is 0.416 e. The van der Waals surface area contributed by atoms with Crippen molar-refractivity contribution in [1.82, 2.24) is 5.32 Å². The molecule has 4 rings (SSSR count). The van der Waals surface area contributed by atoms with Crippen LogP contribution in [0.15, 0.2) is 66.7 Å². The van der Waals surface area contributed by atoms with E-state index in [1.54, 1.807) is 24.3 Å². The van der Waals surface area contributed by atoms with E-state index in [9.17, 15) is 27.2 Å². The molecule has 0 saturated carbocycles. The zero-order valence-corrected chi connectivity index (χ0v) is 20.2. The molecule has 2 amide bonds. The van der Waals surface area contributed by atoms with Gasteiger partial charge in [-0.25, -0.2) is 4.39 Å². The van der Waals surface area contributed by atoms with Gasteiger partial charge in [0.15, 0.2) is 0 Å². The molecular formula is C28H27F4N3O2. The van der Waals surface area contributed by atoms with Crippen molar-refractivity contribution in [2.45, 2.75) is 32.5 Å². The van der Waals surface area contributed by atoms with Crippen LogP contribution in [0.25, 0.3) is 0 Å². The van der Waals surface area contributed by atoms with Gasteiger partial charge in [-0.3, -0.25) is 9.59 Å². The number of rotatable bonds is 6. The fourth-order valence-corrected chi connectivity index (χ4v) is 4.24. The average molecular weight is 514 g/mol. The second-order valence-electron chi connectivity index (χ2n) is 9.24. The third-order valence-electron chi connectivity index (χ3n) is 6.44. The lowest BCUT2D eigenvalue weighted by atomic mass is 9.97. The van der Waals surface area contributed by atoms with Gasteiger partial charge in [0.2, 0.25) is 0 Å². The molecule has 0 aromatic heterocycles. The lowest BCUT2D eigenvalue weighted by Crippen LogP contribution is -2.35. The molecule has 1 fully saturated rings. The van der Waals surface area contributed by atoms with Crippen molar-refractivity contribution in [3.63, 3.8) is 0 Å². The molecule has 1 saturated heterocycles. The molecule has 0 bridgehead atoms. The Balaban J connectivity index is 1.57. The molecule has 0 atom stereocenters. The van der Waals surface area contributed by atoms with Crippen molar-refractivity contribution < 1.29 is 27.2 Å². The molecule has 5 nitrogen and oxygen atoms in total. The van der Waals surface area contributed by atoms with E-state index in [2.05, 4.69) is 22.5 Å². The second-order valence-corrected chi connectivity index (χ2v) is 9.24. The highest BCUT2D eigenvalue weighted by atomic mass is 19.4. The van der Waals surface area contributed by atoms with Crippen LogP contribution in [-0.4, -0.2) is 24.9 Å². The molecule has 0 aliphatic carbocycles. The Bertz CT molecular complexity index is 1270. The van der Waals surface area contributed by atoms with E-state index in [-0.39, 0.29) is 29.5 Å². The number of halogens is 4. The topological polar surface area (TPSA) is 61.4 Å². The van der Waals surface area contributed by atoms with Gasteiger partial charge in [0.05, 0.1) is 11.1 Å². The number of anilines is 2. The summed E-state index contributed by atoms with van der Waals surface area (Å²) in [5, 5.41) is 5.44. The predicted molar refractivity (Wildman–Crippen MR) is 134 cm³/mol. The summed E-state index contributed by atoms with van der Waals surface area (Å²) in [5.74, 6) is -0.893. The number of nitrogens with zero attached hydrogens (tertiary/aromatic N) is 1. The van der Waals surface area contributed by atoms with E-state index in [4.69, 9.17) is 0 Å². The van der Waals surface area contributed by atoms with Gasteiger partial charge in [0.25, 0.3) is 11.8 Å². The van der Waals surface area contributed by atoms with Crippen molar-refractivity contribution in [2.24, 2.45) is 5.92 Å². The van der Waals surface area contributed by atoms with Gasteiger partial charge in [0, 0.05) is 36.6 Å². The molecule has 0 spiro atoms. The SMILES string of the molecule is CC1CCN(c2ccc(NC(=O)c3cccc(C(F)(F)F)c3)cc2C(=O)NCc2ccc(F)cc2)CC1. The lowest BCUT2D eigenvalue weighted by molar-refractivity contribution is -0.137. The fourth-order valence-electron chi connectivity index (χ4n) is 4.24. The minimum absolute atomic E-state index is 0.147. The molecule has 9 heteroatoms. The molecule has 1 aliphatic heterocycles. The van der Waals surface area contributed by atoms with Gasteiger partial charge >= 0.3 is 6.18 Å². The Morgan fingerprint density at radius 2 is 1.65 bits per heavy atom. The quantitative estimate of drug-likeness (QED) is 0.383. The summed E-state index contributed by atoms with van der Waals surface area (Å²) in [7, 11) is 0. The summed E-state index contributed by atoms with van der Waals surface area (Å²) in [6.07, 6.45) is -2.62. The van der Waals surface area contributed by atoms with E-state index >= 15 is 0 Å². The number of alkyl halides is 3. The molecule has 0 unspecified atom stereocenters. The van der Waals surface area contributed by atoms with Crippen LogP contribution in [0.2, 0.25) is 0 Å². The summed E-state index contributed by atoms with van der Waals surface area (Å²) < 4.78 is 52.4. The van der Waals surface area contributed by atoms with Crippen molar-refractivity contribution in [3.8, 4) is 0 Å². The first kappa shape index (κ1) is 26.2. The van der Waals surface area contributed by atoms with Crippen molar-refractivity contribution >= 4 is 23.2 Å². The van der Waals surface area contributed by atoms with Gasteiger partial charge in [-0.05, 0) is 72.9 Å². The second kappa shape index (κ2) is 11.0. The van der Waals surface area contributed by atoms with Crippen LogP contribution in [0, 0.1) is 11.7 Å². The number of hydrogen-bond donors (Lipinski definition) is 2. The Morgan fingerprint density at radius 3 is 2.32 bits per heavy atom. The zero-order chi connectivity index (χ0) is 26.6. The molecule has 3 aromatic rings. The largest absolute Gasteiger partial charge is 0.416 e. The molecule has 0 radical (unpaired) electrons. The Morgan fingerprint density at radius 1 is 0.946 bits per heavy atom. The van der Waals surface area contributed by atoms with Crippen LogP contribution >= 0.6 is 0 Å². The normalized spacial score (nSPS) is 14.4. The molecule has 194 valence electrons. The summed E-state index contributed by atoms with van der Waals surface area (Å²) in [4.78, 5) is 28.1. The molecule has 2 N–H and O–H groups in total. The monoisotopic (exact) mass is 513 g/mol. The Hall–Kier alpha value is -3.88. The molecule has 1 aliphatic rings. The molecule has 3 aromatic carbocycles. The third kappa shape index (κ3) is 6.67. The van der Waals surface area contributed by atoms with E-state index in [1.807, 2.05) is 0 Å². The van der Waals surface area contributed by atoms with Crippen molar-refractivity contribution in [1.29, 1.82) is 0 Å². The first-order valence-electron chi connectivity index (χ1n) is 12.0. The van der Waals surface area contributed by atoms with Gasteiger partial charge in [-0.2, -0.15) is 13.2 Å². The molecular weight excluding hydrogens is 486 g/mol. The Kier molecular flexibility index (Phi) is 7.80. The van der Waals surface area contributed by atoms with Gasteiger partial charge < -0.3 is 15.5 Å². The van der Waals surface area contributed by atoms with Crippen LogP contribution in [0.4, 0.5) is 28.9 Å². The minimum atomic E-state index is -4.57. The number of hydrogen-bond acceptors (Lipinski definition) is 3. The van der Waals surface area contributed by atoms with Crippen molar-refractivity contribution in [2.75, 3.05) is 23.3 Å². The summed E-state index contributed by atoms with van der Waals surface area (Å²) in [5.41, 5.74) is 0.974.